The molecule has 4 heteroatoms. The molecule has 2 heterocycles. The molecule has 2 rings (SSSR count). The first-order valence-corrected chi connectivity index (χ1v) is 5.29. The van der Waals surface area contributed by atoms with E-state index in [0.717, 1.165) is 21.6 Å². The van der Waals surface area contributed by atoms with Crippen LogP contribution in [0.4, 0.5) is 0 Å². The van der Waals surface area contributed by atoms with E-state index in [-0.39, 0.29) is 5.78 Å². The van der Waals surface area contributed by atoms with Crippen molar-refractivity contribution in [3.05, 3.63) is 23.0 Å². The molecule has 0 aromatic carbocycles. The number of ketones is 1. The maximum atomic E-state index is 11.3. The van der Waals surface area contributed by atoms with Crippen LogP contribution in [0.1, 0.15) is 29.3 Å². The Kier molecular flexibility index (Phi) is 2.29. The van der Waals surface area contributed by atoms with Gasteiger partial charge in [0.1, 0.15) is 11.2 Å². The standard InChI is InChI=1S/C10H10N2OS/c1-3-8-12-10-7(14-8)4-5-11-9(10)6(2)13/h4-5H,3H2,1-2H3. The van der Waals surface area contributed by atoms with Crippen LogP contribution in [0, 0.1) is 0 Å². The number of aryl methyl sites for hydroxylation is 1. The topological polar surface area (TPSA) is 42.9 Å². The number of carbonyl (C=O) groups excluding carboxylic acids is 1. The van der Waals surface area contributed by atoms with Gasteiger partial charge in [-0.1, -0.05) is 6.92 Å². The molecule has 0 aliphatic rings. The van der Waals surface area contributed by atoms with Gasteiger partial charge in [-0.2, -0.15) is 0 Å². The van der Waals surface area contributed by atoms with Gasteiger partial charge in [-0.15, -0.1) is 11.3 Å². The predicted octanol–water partition coefficient (Wildman–Crippen LogP) is 2.46. The molecule has 0 bridgehead atoms. The van der Waals surface area contributed by atoms with Crippen molar-refractivity contribution in [3.63, 3.8) is 0 Å². The third kappa shape index (κ3) is 1.42. The van der Waals surface area contributed by atoms with E-state index in [2.05, 4.69) is 16.9 Å². The fourth-order valence-corrected chi connectivity index (χ4v) is 2.21. The van der Waals surface area contributed by atoms with Gasteiger partial charge in [-0.25, -0.2) is 4.98 Å². The van der Waals surface area contributed by atoms with E-state index in [9.17, 15) is 4.79 Å². The highest BCUT2D eigenvalue weighted by molar-refractivity contribution is 7.18. The van der Waals surface area contributed by atoms with Crippen LogP contribution in [0.15, 0.2) is 12.3 Å². The summed E-state index contributed by atoms with van der Waals surface area (Å²) in [6.45, 7) is 3.57. The molecule has 0 radical (unpaired) electrons. The number of Topliss-reactive ketones (excluding diaryl/α,β-unsaturated/α-hetero) is 1. The zero-order valence-corrected chi connectivity index (χ0v) is 8.89. The van der Waals surface area contributed by atoms with Crippen LogP contribution in [0.25, 0.3) is 10.2 Å². The molecule has 0 atom stereocenters. The monoisotopic (exact) mass is 206 g/mol. The van der Waals surface area contributed by atoms with Crippen LogP contribution in [0.2, 0.25) is 0 Å². The Hall–Kier alpha value is -1.29. The van der Waals surface area contributed by atoms with Crippen molar-refractivity contribution in [3.8, 4) is 0 Å². The minimum Gasteiger partial charge on any atom is -0.293 e. The number of aromatic nitrogens is 2. The highest BCUT2D eigenvalue weighted by Gasteiger charge is 2.11. The second kappa shape index (κ2) is 3.46. The molecule has 0 aliphatic carbocycles. The normalized spacial score (nSPS) is 10.7. The molecule has 0 aliphatic heterocycles. The summed E-state index contributed by atoms with van der Waals surface area (Å²) in [6.07, 6.45) is 2.56. The van der Waals surface area contributed by atoms with Crippen molar-refractivity contribution in [1.82, 2.24) is 9.97 Å². The Morgan fingerprint density at radius 3 is 3.00 bits per heavy atom. The van der Waals surface area contributed by atoms with E-state index in [1.54, 1.807) is 17.5 Å². The van der Waals surface area contributed by atoms with E-state index >= 15 is 0 Å². The van der Waals surface area contributed by atoms with Gasteiger partial charge in [0.2, 0.25) is 0 Å². The number of carbonyl (C=O) groups is 1. The lowest BCUT2D eigenvalue weighted by atomic mass is 10.2. The highest BCUT2D eigenvalue weighted by atomic mass is 32.1. The summed E-state index contributed by atoms with van der Waals surface area (Å²) in [5.74, 6) is -0.0245. The molecular weight excluding hydrogens is 196 g/mol. The molecule has 0 spiro atoms. The smallest absolute Gasteiger partial charge is 0.180 e. The van der Waals surface area contributed by atoms with Crippen LogP contribution >= 0.6 is 11.3 Å². The van der Waals surface area contributed by atoms with Crippen LogP contribution in [0.5, 0.6) is 0 Å². The average molecular weight is 206 g/mol. The molecular formula is C10H10N2OS. The number of hydrogen-bond donors (Lipinski definition) is 0. The summed E-state index contributed by atoms with van der Waals surface area (Å²) >= 11 is 1.63. The van der Waals surface area contributed by atoms with E-state index in [1.165, 1.54) is 6.92 Å². The molecule has 3 nitrogen and oxygen atoms in total. The molecule has 0 fully saturated rings. The van der Waals surface area contributed by atoms with Gasteiger partial charge < -0.3 is 0 Å². The highest BCUT2D eigenvalue weighted by Crippen LogP contribution is 2.23. The van der Waals surface area contributed by atoms with Crippen LogP contribution < -0.4 is 0 Å². The third-order valence-electron chi connectivity index (χ3n) is 1.99. The first kappa shape index (κ1) is 9.27. The zero-order valence-electron chi connectivity index (χ0n) is 8.07. The van der Waals surface area contributed by atoms with Gasteiger partial charge in [0.25, 0.3) is 0 Å². The minimum absolute atomic E-state index is 0.0245. The van der Waals surface area contributed by atoms with Gasteiger partial charge in [-0.3, -0.25) is 9.78 Å². The van der Waals surface area contributed by atoms with E-state index in [1.807, 2.05) is 6.07 Å². The average Bonchev–Trinajstić information content (AvgIpc) is 2.59. The molecule has 0 saturated heterocycles. The molecule has 0 N–H and O–H groups in total. The first-order valence-electron chi connectivity index (χ1n) is 4.47. The van der Waals surface area contributed by atoms with Crippen LogP contribution in [-0.2, 0) is 6.42 Å². The molecule has 0 amide bonds. The van der Waals surface area contributed by atoms with Crippen LogP contribution in [-0.4, -0.2) is 15.8 Å². The van der Waals surface area contributed by atoms with E-state index in [0.29, 0.717) is 5.69 Å². The number of nitrogens with zero attached hydrogens (tertiary/aromatic N) is 2. The molecule has 2 aromatic heterocycles. The van der Waals surface area contributed by atoms with Crippen molar-refractivity contribution in [1.29, 1.82) is 0 Å². The van der Waals surface area contributed by atoms with Crippen LogP contribution in [0.3, 0.4) is 0 Å². The minimum atomic E-state index is -0.0245. The van der Waals surface area contributed by atoms with E-state index < -0.39 is 0 Å². The Balaban J connectivity index is 2.73. The maximum Gasteiger partial charge on any atom is 0.180 e. The van der Waals surface area contributed by atoms with Crippen molar-refractivity contribution in [2.24, 2.45) is 0 Å². The van der Waals surface area contributed by atoms with Gasteiger partial charge >= 0.3 is 0 Å². The zero-order chi connectivity index (χ0) is 10.1. The van der Waals surface area contributed by atoms with E-state index in [4.69, 9.17) is 0 Å². The second-order valence-corrected chi connectivity index (χ2v) is 4.14. The number of rotatable bonds is 2. The Morgan fingerprint density at radius 1 is 1.57 bits per heavy atom. The lowest BCUT2D eigenvalue weighted by molar-refractivity contribution is 0.101. The summed E-state index contributed by atoms with van der Waals surface area (Å²) in [5.41, 5.74) is 1.24. The molecule has 0 unspecified atom stereocenters. The predicted molar refractivity (Wildman–Crippen MR) is 56.8 cm³/mol. The number of hydrogen-bond acceptors (Lipinski definition) is 4. The van der Waals surface area contributed by atoms with Gasteiger partial charge in [0.05, 0.1) is 9.71 Å². The summed E-state index contributed by atoms with van der Waals surface area (Å²) in [6, 6.07) is 1.90. The quantitative estimate of drug-likeness (QED) is 0.709. The number of fused-ring (bicyclic) bond motifs is 1. The Morgan fingerprint density at radius 2 is 2.36 bits per heavy atom. The lowest BCUT2D eigenvalue weighted by Gasteiger charge is -1.93. The number of pyridine rings is 1. The number of thiazole rings is 1. The van der Waals surface area contributed by atoms with Gasteiger partial charge in [-0.05, 0) is 12.5 Å². The summed E-state index contributed by atoms with van der Waals surface area (Å²) < 4.78 is 1.04. The van der Waals surface area contributed by atoms with Gasteiger partial charge in [0.15, 0.2) is 5.78 Å². The molecule has 2 aromatic rings. The lowest BCUT2D eigenvalue weighted by Crippen LogP contribution is -1.97. The van der Waals surface area contributed by atoms with Gasteiger partial charge in [0, 0.05) is 13.1 Å². The SMILES string of the molecule is CCc1nc2c(C(C)=O)nccc2s1. The fraction of sp³-hybridized carbons (Fsp3) is 0.300. The molecule has 0 saturated carbocycles. The second-order valence-electron chi connectivity index (χ2n) is 3.02. The Bertz CT molecular complexity index is 490. The van der Waals surface area contributed by atoms with Crippen molar-refractivity contribution in [2.75, 3.05) is 0 Å². The first-order chi connectivity index (χ1) is 6.72. The molecule has 72 valence electrons. The summed E-state index contributed by atoms with van der Waals surface area (Å²) in [5, 5.41) is 1.05. The summed E-state index contributed by atoms with van der Waals surface area (Å²) in [7, 11) is 0. The maximum absolute atomic E-state index is 11.3. The fourth-order valence-electron chi connectivity index (χ4n) is 1.31. The largest absolute Gasteiger partial charge is 0.293 e. The van der Waals surface area contributed by atoms with Crippen molar-refractivity contribution in [2.45, 2.75) is 20.3 Å². The Labute approximate surface area is 85.8 Å². The van der Waals surface area contributed by atoms with Crippen molar-refractivity contribution < 1.29 is 4.79 Å². The van der Waals surface area contributed by atoms with Crippen molar-refractivity contribution >= 4 is 27.3 Å². The third-order valence-corrected chi connectivity index (χ3v) is 3.15. The summed E-state index contributed by atoms with van der Waals surface area (Å²) in [4.78, 5) is 19.7. The molecule has 14 heavy (non-hydrogen) atoms.